The molecule has 0 fully saturated rings. The van der Waals surface area contributed by atoms with Gasteiger partial charge in [-0.05, 0) is 17.2 Å². The molecule has 0 atom stereocenters. The Kier molecular flexibility index (Phi) is 5.49. The van der Waals surface area contributed by atoms with Crippen molar-refractivity contribution in [1.82, 2.24) is 4.98 Å². The molecule has 0 aliphatic heterocycles. The molecule has 3 aromatic carbocycles. The first-order valence-corrected chi connectivity index (χ1v) is 11.6. The predicted octanol–water partition coefficient (Wildman–Crippen LogP) is 6.06. The highest BCUT2D eigenvalue weighted by Gasteiger charge is 2.28. The van der Waals surface area contributed by atoms with Crippen LogP contribution < -0.4 is 4.74 Å². The van der Waals surface area contributed by atoms with Crippen molar-refractivity contribution in [2.75, 3.05) is 6.61 Å². The van der Waals surface area contributed by atoms with E-state index in [1.165, 1.54) is 16.0 Å². The Bertz CT molecular complexity index is 1180. The molecule has 0 saturated carbocycles. The molecule has 1 aromatic heterocycles. The fourth-order valence-electron chi connectivity index (χ4n) is 3.80. The Balaban J connectivity index is 1.45. The summed E-state index contributed by atoms with van der Waals surface area (Å²) in [6.45, 7) is -0.339. The Morgan fingerprint density at radius 2 is 1.68 bits per heavy atom. The van der Waals surface area contributed by atoms with Gasteiger partial charge in [0.2, 0.25) is 0 Å². The maximum atomic E-state index is 10.9. The van der Waals surface area contributed by atoms with Crippen LogP contribution in [0, 0.1) is 0 Å². The van der Waals surface area contributed by atoms with E-state index in [4.69, 9.17) is 14.8 Å². The first-order chi connectivity index (χ1) is 15.2. The normalized spacial score (nSPS) is 11.9. The van der Waals surface area contributed by atoms with Gasteiger partial charge in [0.25, 0.3) is 0 Å². The van der Waals surface area contributed by atoms with Crippen LogP contribution in [0.1, 0.15) is 26.8 Å². The summed E-state index contributed by atoms with van der Waals surface area (Å²) in [4.78, 5) is 17.1. The van der Waals surface area contributed by atoms with Gasteiger partial charge in [-0.3, -0.25) is 0 Å². The summed E-state index contributed by atoms with van der Waals surface area (Å²) < 4.78 is 6.53. The number of ether oxygens (including phenoxy) is 1. The molecule has 1 N–H and O–H groups in total. The minimum atomic E-state index is -0.977. The number of fused-ring (bicyclic) bond motifs is 3. The van der Waals surface area contributed by atoms with E-state index in [1.807, 2.05) is 30.3 Å². The lowest BCUT2D eigenvalue weighted by Crippen LogP contribution is -2.10. The van der Waals surface area contributed by atoms with Gasteiger partial charge in [-0.1, -0.05) is 84.6 Å². The zero-order chi connectivity index (χ0) is 21.2. The zero-order valence-corrected chi connectivity index (χ0v) is 18.2. The predicted molar refractivity (Wildman–Crippen MR) is 124 cm³/mol. The summed E-state index contributed by atoms with van der Waals surface area (Å²) >= 11 is 3.48. The van der Waals surface area contributed by atoms with Crippen LogP contribution in [0.3, 0.4) is 0 Å². The van der Waals surface area contributed by atoms with Gasteiger partial charge in [-0.25, -0.2) is 9.78 Å². The average Bonchev–Trinajstić information content (AvgIpc) is 3.35. The lowest BCUT2D eigenvalue weighted by molar-refractivity contribution is -0.139. The molecule has 31 heavy (non-hydrogen) atoms. The highest BCUT2D eigenvalue weighted by molar-refractivity contribution is 8.01. The lowest BCUT2D eigenvalue weighted by atomic mass is 10.0. The summed E-state index contributed by atoms with van der Waals surface area (Å²) in [6, 6.07) is 26.8. The number of carboxylic acids is 1. The largest absolute Gasteiger partial charge is 0.482 e. The molecule has 1 aliphatic carbocycles. The molecular formula is C25H19NO3S2. The van der Waals surface area contributed by atoms with Gasteiger partial charge in [0, 0.05) is 22.4 Å². The summed E-state index contributed by atoms with van der Waals surface area (Å²) in [5, 5.41) is 9.09. The van der Waals surface area contributed by atoms with Gasteiger partial charge < -0.3 is 9.84 Å². The number of benzene rings is 3. The molecule has 154 valence electrons. The summed E-state index contributed by atoms with van der Waals surface area (Å²) in [5.41, 5.74) is 5.55. The molecule has 1 aliphatic rings. The van der Waals surface area contributed by atoms with Crippen molar-refractivity contribution in [1.29, 1.82) is 0 Å². The number of rotatable bonds is 7. The van der Waals surface area contributed by atoms with Crippen LogP contribution >= 0.6 is 23.1 Å². The van der Waals surface area contributed by atoms with Gasteiger partial charge in [-0.2, -0.15) is 0 Å². The standard InChI is InChI=1S/C25H19NO3S2/c27-22(28)15-29-20-13-7-12-18-19(20)14-21-23(18)26-25(30-21)31-24(16-8-3-1-4-9-16)17-10-5-2-6-11-17/h1-13,24H,14-15H2,(H,27,28). The van der Waals surface area contributed by atoms with E-state index in [0.717, 1.165) is 27.6 Å². The fraction of sp³-hybridized carbons (Fsp3) is 0.120. The number of nitrogens with zero attached hydrogens (tertiary/aromatic N) is 1. The van der Waals surface area contributed by atoms with Gasteiger partial charge in [0.15, 0.2) is 10.9 Å². The van der Waals surface area contributed by atoms with E-state index in [-0.39, 0.29) is 11.9 Å². The molecule has 0 radical (unpaired) electrons. The number of carboxylic acid groups (broad SMARTS) is 1. The number of hydrogen-bond donors (Lipinski definition) is 1. The van der Waals surface area contributed by atoms with Gasteiger partial charge in [0.05, 0.1) is 10.9 Å². The molecule has 0 spiro atoms. The van der Waals surface area contributed by atoms with E-state index in [0.29, 0.717) is 5.75 Å². The molecule has 4 nitrogen and oxygen atoms in total. The molecule has 0 saturated heterocycles. The van der Waals surface area contributed by atoms with E-state index < -0.39 is 5.97 Å². The Hall–Kier alpha value is -3.09. The van der Waals surface area contributed by atoms with Crippen molar-refractivity contribution < 1.29 is 14.6 Å². The topological polar surface area (TPSA) is 59.4 Å². The van der Waals surface area contributed by atoms with Crippen LogP contribution in [0.15, 0.2) is 83.2 Å². The van der Waals surface area contributed by atoms with Crippen LogP contribution in [0.25, 0.3) is 11.3 Å². The molecule has 0 bridgehead atoms. The van der Waals surface area contributed by atoms with Crippen LogP contribution in [0.2, 0.25) is 0 Å². The minimum absolute atomic E-state index is 0.165. The third kappa shape index (κ3) is 4.09. The monoisotopic (exact) mass is 445 g/mol. The summed E-state index contributed by atoms with van der Waals surface area (Å²) in [5.74, 6) is -0.346. The van der Waals surface area contributed by atoms with Crippen molar-refractivity contribution in [3.63, 3.8) is 0 Å². The maximum absolute atomic E-state index is 10.9. The van der Waals surface area contributed by atoms with Crippen LogP contribution in [0.4, 0.5) is 0 Å². The number of carbonyl (C=O) groups is 1. The maximum Gasteiger partial charge on any atom is 0.341 e. The minimum Gasteiger partial charge on any atom is -0.482 e. The lowest BCUT2D eigenvalue weighted by Gasteiger charge is -2.16. The summed E-state index contributed by atoms with van der Waals surface area (Å²) in [6.07, 6.45) is 0.722. The number of aromatic nitrogens is 1. The van der Waals surface area contributed by atoms with Gasteiger partial charge in [-0.15, -0.1) is 11.3 Å². The van der Waals surface area contributed by atoms with Crippen molar-refractivity contribution in [3.05, 3.63) is 100 Å². The smallest absolute Gasteiger partial charge is 0.341 e. The molecular weight excluding hydrogens is 426 g/mol. The molecule has 5 rings (SSSR count). The van der Waals surface area contributed by atoms with Crippen molar-refractivity contribution in [2.24, 2.45) is 0 Å². The van der Waals surface area contributed by atoms with Crippen LogP contribution in [0.5, 0.6) is 5.75 Å². The fourth-order valence-corrected chi connectivity index (χ4v) is 6.33. The van der Waals surface area contributed by atoms with E-state index in [1.54, 1.807) is 23.1 Å². The number of thiazole rings is 1. The average molecular weight is 446 g/mol. The molecule has 4 aromatic rings. The third-order valence-corrected chi connectivity index (χ3v) is 7.64. The second-order valence-electron chi connectivity index (χ2n) is 7.21. The van der Waals surface area contributed by atoms with E-state index in [2.05, 4.69) is 48.5 Å². The molecule has 0 amide bonds. The Morgan fingerprint density at radius 3 is 2.32 bits per heavy atom. The second kappa shape index (κ2) is 8.57. The van der Waals surface area contributed by atoms with Gasteiger partial charge in [0.1, 0.15) is 5.75 Å². The second-order valence-corrected chi connectivity index (χ2v) is 9.65. The van der Waals surface area contributed by atoms with E-state index >= 15 is 0 Å². The van der Waals surface area contributed by atoms with Crippen LogP contribution in [-0.2, 0) is 11.2 Å². The highest BCUT2D eigenvalue weighted by Crippen LogP contribution is 2.48. The first kappa shape index (κ1) is 19.8. The van der Waals surface area contributed by atoms with Gasteiger partial charge >= 0.3 is 5.97 Å². The zero-order valence-electron chi connectivity index (χ0n) is 16.5. The molecule has 6 heteroatoms. The number of aliphatic carboxylic acids is 1. The third-order valence-electron chi connectivity index (χ3n) is 5.18. The number of thioether (sulfide) groups is 1. The molecule has 1 heterocycles. The van der Waals surface area contributed by atoms with Crippen molar-refractivity contribution in [3.8, 4) is 17.0 Å². The quantitative estimate of drug-likeness (QED) is 0.309. The first-order valence-electron chi connectivity index (χ1n) is 9.92. The SMILES string of the molecule is O=C(O)COc1cccc2c1Cc1sc(SC(c3ccccc3)c3ccccc3)nc1-2. The van der Waals surface area contributed by atoms with Crippen molar-refractivity contribution in [2.45, 2.75) is 16.0 Å². The summed E-state index contributed by atoms with van der Waals surface area (Å²) in [7, 11) is 0. The van der Waals surface area contributed by atoms with E-state index in [9.17, 15) is 4.79 Å². The molecule has 0 unspecified atom stereocenters. The number of hydrogen-bond acceptors (Lipinski definition) is 5. The van der Waals surface area contributed by atoms with Crippen LogP contribution in [-0.4, -0.2) is 22.7 Å². The highest BCUT2D eigenvalue weighted by atomic mass is 32.2. The Morgan fingerprint density at radius 1 is 1.00 bits per heavy atom. The Labute approximate surface area is 188 Å². The van der Waals surface area contributed by atoms with Crippen molar-refractivity contribution >= 4 is 29.1 Å².